The summed E-state index contributed by atoms with van der Waals surface area (Å²) >= 11 is 1.13. The Morgan fingerprint density at radius 1 is 1.03 bits per heavy atom. The van der Waals surface area contributed by atoms with Gasteiger partial charge in [-0.3, -0.25) is 14.9 Å². The third-order valence-electron chi connectivity index (χ3n) is 3.28. The minimum Gasteiger partial charge on any atom is -0.452 e. The number of nitrogens with one attached hydrogen (secondary N) is 2. The molecular weight excluding hydrogens is 398 g/mol. The maximum absolute atomic E-state index is 12.1. The lowest BCUT2D eigenvalue weighted by Crippen LogP contribution is -2.27. The summed E-state index contributed by atoms with van der Waals surface area (Å²) in [6.07, 6.45) is -0.617. The van der Waals surface area contributed by atoms with Crippen LogP contribution in [0.3, 0.4) is 0 Å². The number of thiophene rings is 1. The zero-order chi connectivity index (χ0) is 21.6. The molecule has 0 aliphatic heterocycles. The minimum absolute atomic E-state index is 0.183. The average molecular weight is 419 g/mol. The van der Waals surface area contributed by atoms with Crippen LogP contribution in [-0.2, 0) is 14.3 Å². The third kappa shape index (κ3) is 6.92. The summed E-state index contributed by atoms with van der Waals surface area (Å²) in [5, 5.41) is 6.90. The number of hydrogen-bond acceptors (Lipinski definition) is 7. The van der Waals surface area contributed by atoms with Crippen LogP contribution in [0.5, 0.6) is 0 Å². The smallest absolute Gasteiger partial charge is 0.412 e. The number of nitrogens with two attached hydrogens (primary N) is 1. The van der Waals surface area contributed by atoms with Crippen LogP contribution < -0.4 is 16.4 Å². The van der Waals surface area contributed by atoms with Crippen molar-refractivity contribution in [2.24, 2.45) is 5.73 Å². The number of hydrogen-bond donors (Lipinski definition) is 3. The van der Waals surface area contributed by atoms with E-state index in [2.05, 4.69) is 10.6 Å². The molecule has 0 aliphatic rings. The lowest BCUT2D eigenvalue weighted by molar-refractivity contribution is -0.119. The Kier molecular flexibility index (Phi) is 6.94. The van der Waals surface area contributed by atoms with Crippen molar-refractivity contribution < 1.29 is 28.7 Å². The van der Waals surface area contributed by atoms with Gasteiger partial charge in [0.15, 0.2) is 6.61 Å². The average Bonchev–Trinajstić information content (AvgIpc) is 3.07. The molecule has 0 radical (unpaired) electrons. The number of benzene rings is 1. The Balaban J connectivity index is 1.86. The Bertz CT molecular complexity index is 915. The molecule has 0 unspecified atom stereocenters. The summed E-state index contributed by atoms with van der Waals surface area (Å²) in [5.74, 6) is -1.99. The zero-order valence-electron chi connectivity index (χ0n) is 16.1. The van der Waals surface area contributed by atoms with Crippen molar-refractivity contribution in [3.05, 3.63) is 46.8 Å². The molecule has 10 heteroatoms. The summed E-state index contributed by atoms with van der Waals surface area (Å²) in [6, 6.07) is 7.38. The van der Waals surface area contributed by atoms with E-state index in [1.807, 2.05) is 0 Å². The number of anilines is 2. The Morgan fingerprint density at radius 2 is 1.69 bits per heavy atom. The van der Waals surface area contributed by atoms with Gasteiger partial charge in [0.25, 0.3) is 11.8 Å². The predicted octanol–water partition coefficient (Wildman–Crippen LogP) is 2.99. The van der Waals surface area contributed by atoms with Gasteiger partial charge < -0.3 is 20.5 Å². The van der Waals surface area contributed by atoms with Gasteiger partial charge >= 0.3 is 12.1 Å². The van der Waals surface area contributed by atoms with Crippen LogP contribution in [0, 0.1) is 0 Å². The quantitative estimate of drug-likeness (QED) is 0.616. The van der Waals surface area contributed by atoms with Crippen LogP contribution >= 0.6 is 11.3 Å². The minimum atomic E-state index is -0.717. The second-order valence-electron chi connectivity index (χ2n) is 6.86. The molecule has 4 N–H and O–H groups in total. The highest BCUT2D eigenvalue weighted by Crippen LogP contribution is 2.22. The van der Waals surface area contributed by atoms with Gasteiger partial charge in [-0.1, -0.05) is 0 Å². The van der Waals surface area contributed by atoms with E-state index in [-0.39, 0.29) is 16.1 Å². The van der Waals surface area contributed by atoms with Crippen molar-refractivity contribution in [3.63, 3.8) is 0 Å². The third-order valence-corrected chi connectivity index (χ3v) is 4.11. The van der Waals surface area contributed by atoms with Crippen molar-refractivity contribution in [1.29, 1.82) is 0 Å². The fourth-order valence-corrected chi connectivity index (χ4v) is 2.90. The van der Waals surface area contributed by atoms with Crippen LogP contribution in [0.4, 0.5) is 15.5 Å². The van der Waals surface area contributed by atoms with Crippen LogP contribution in [0.25, 0.3) is 0 Å². The monoisotopic (exact) mass is 419 g/mol. The van der Waals surface area contributed by atoms with E-state index in [4.69, 9.17) is 15.2 Å². The van der Waals surface area contributed by atoms with E-state index in [0.29, 0.717) is 5.69 Å². The van der Waals surface area contributed by atoms with Gasteiger partial charge in [-0.05, 0) is 56.5 Å². The number of ether oxygens (including phenoxy) is 2. The lowest BCUT2D eigenvalue weighted by Gasteiger charge is -2.19. The van der Waals surface area contributed by atoms with Gasteiger partial charge in [-0.15, -0.1) is 11.3 Å². The van der Waals surface area contributed by atoms with Gasteiger partial charge in [0.05, 0.1) is 11.1 Å². The molecule has 0 fully saturated rings. The molecule has 9 nitrogen and oxygen atoms in total. The first kappa shape index (κ1) is 21.9. The van der Waals surface area contributed by atoms with Crippen LogP contribution in [0.1, 0.15) is 41.5 Å². The van der Waals surface area contributed by atoms with Crippen molar-refractivity contribution in [1.82, 2.24) is 0 Å². The topological polar surface area (TPSA) is 137 Å². The van der Waals surface area contributed by atoms with Crippen molar-refractivity contribution in [3.8, 4) is 0 Å². The number of esters is 1. The number of carbonyl (C=O) groups is 4. The van der Waals surface area contributed by atoms with Gasteiger partial charge in [0.2, 0.25) is 0 Å². The van der Waals surface area contributed by atoms with Crippen LogP contribution in [0.2, 0.25) is 0 Å². The first-order valence-corrected chi connectivity index (χ1v) is 9.37. The molecule has 2 aromatic rings. The standard InChI is InChI=1S/C19H21N3O6S/c1-19(2,3)28-18(26)21-12-6-4-11(5-7-12)17(25)27-10-14(23)22-16-13(15(20)24)8-9-29-16/h4-9H,10H2,1-3H3,(H2,20,24)(H,21,26)(H,22,23). The molecule has 0 saturated carbocycles. The molecule has 29 heavy (non-hydrogen) atoms. The molecular formula is C19H21N3O6S. The fraction of sp³-hybridized carbons (Fsp3) is 0.263. The molecule has 3 amide bonds. The first-order chi connectivity index (χ1) is 13.5. The lowest BCUT2D eigenvalue weighted by atomic mass is 10.2. The molecule has 2 rings (SSSR count). The van der Waals surface area contributed by atoms with Crippen molar-refractivity contribution >= 4 is 45.9 Å². The van der Waals surface area contributed by atoms with Crippen molar-refractivity contribution in [2.75, 3.05) is 17.2 Å². The molecule has 0 saturated heterocycles. The number of carbonyl (C=O) groups excluding carboxylic acids is 4. The number of amides is 3. The number of primary amides is 1. The van der Waals surface area contributed by atoms with E-state index in [9.17, 15) is 19.2 Å². The fourth-order valence-electron chi connectivity index (χ4n) is 2.09. The normalized spacial score (nSPS) is 10.7. The second kappa shape index (κ2) is 9.20. The molecule has 1 heterocycles. The first-order valence-electron chi connectivity index (χ1n) is 8.49. The Labute approximate surface area is 171 Å². The molecule has 1 aromatic heterocycles. The largest absolute Gasteiger partial charge is 0.452 e. The predicted molar refractivity (Wildman–Crippen MR) is 108 cm³/mol. The molecule has 0 bridgehead atoms. The summed E-state index contributed by atoms with van der Waals surface area (Å²) in [4.78, 5) is 46.9. The van der Waals surface area contributed by atoms with E-state index < -0.39 is 36.1 Å². The van der Waals surface area contributed by atoms with Gasteiger partial charge in [-0.25, -0.2) is 9.59 Å². The van der Waals surface area contributed by atoms with Gasteiger partial charge in [-0.2, -0.15) is 0 Å². The van der Waals surface area contributed by atoms with E-state index in [1.54, 1.807) is 26.2 Å². The van der Waals surface area contributed by atoms with Crippen molar-refractivity contribution in [2.45, 2.75) is 26.4 Å². The second-order valence-corrected chi connectivity index (χ2v) is 7.77. The molecule has 0 atom stereocenters. The van der Waals surface area contributed by atoms with E-state index >= 15 is 0 Å². The van der Waals surface area contributed by atoms with Gasteiger partial charge in [0.1, 0.15) is 10.6 Å². The SMILES string of the molecule is CC(C)(C)OC(=O)Nc1ccc(C(=O)OCC(=O)Nc2sccc2C(N)=O)cc1. The molecule has 1 aromatic carbocycles. The van der Waals surface area contributed by atoms with Gasteiger partial charge in [0, 0.05) is 5.69 Å². The van der Waals surface area contributed by atoms with Crippen LogP contribution in [0.15, 0.2) is 35.7 Å². The summed E-state index contributed by atoms with van der Waals surface area (Å²) in [6.45, 7) is 4.70. The number of rotatable bonds is 6. The molecule has 154 valence electrons. The summed E-state index contributed by atoms with van der Waals surface area (Å²) in [7, 11) is 0. The van der Waals surface area contributed by atoms with E-state index in [1.165, 1.54) is 30.3 Å². The molecule has 0 spiro atoms. The highest BCUT2D eigenvalue weighted by molar-refractivity contribution is 7.14. The van der Waals surface area contributed by atoms with E-state index in [0.717, 1.165) is 11.3 Å². The highest BCUT2D eigenvalue weighted by Gasteiger charge is 2.17. The Morgan fingerprint density at radius 3 is 2.28 bits per heavy atom. The Hall–Kier alpha value is -3.40. The zero-order valence-corrected chi connectivity index (χ0v) is 16.9. The summed E-state index contributed by atoms with van der Waals surface area (Å²) < 4.78 is 10.1. The van der Waals surface area contributed by atoms with Crippen LogP contribution in [-0.4, -0.2) is 36.1 Å². The summed E-state index contributed by atoms with van der Waals surface area (Å²) in [5.41, 5.74) is 5.39. The highest BCUT2D eigenvalue weighted by atomic mass is 32.1. The molecule has 0 aliphatic carbocycles. The maximum Gasteiger partial charge on any atom is 0.412 e. The maximum atomic E-state index is 12.1.